The number of fused-ring (bicyclic) bond motifs is 15. The summed E-state index contributed by atoms with van der Waals surface area (Å²) in [6.07, 6.45) is 36.1. The second-order valence-corrected chi connectivity index (χ2v) is 57.7. The third-order valence-electron chi connectivity index (χ3n) is 51.0. The SMILES string of the molecule is C[C@H](CCC(=O)OCOC12CC3CC(OCOC(=O)CC[C@@H](C)[C@H]4CCC5C6C(C[C@H](O)[C@@]54C)[C@@]4(C)CC[C@](O)(OCOC5C7CC8CC(C7)CC5C8)C[C@H]4C[C@H]6O)(C1)CC(OCOC(=O)CC[C@@H](C)[C@H]1CCC4C5C(C[C@H](O)[C@@]41C)[C@@]1(C)CC[C@](O)(OCOC4C6CC7CC(C6)CC4C7)C[C@H]1C[C@H]5O)(C3)C2)[C@H]1CCC2C3C(C[C@H](O)[C@@]21C)[C@@]1(C)CC[C@](O)(OCOC2C4CC5CC(C4)CC2C5)C[C@H]1C[C@H]3O. The molecule has 0 aliphatic heterocycles. The lowest BCUT2D eigenvalue weighted by molar-refractivity contribution is -0.318. The van der Waals surface area contributed by atoms with Crippen LogP contribution in [-0.2, 0) is 71.2 Å². The summed E-state index contributed by atoms with van der Waals surface area (Å²) >= 11 is 0. The van der Waals surface area contributed by atoms with E-state index in [1.54, 1.807) is 0 Å². The molecule has 16 bridgehead atoms. The van der Waals surface area contributed by atoms with Gasteiger partial charge in [-0.1, -0.05) is 62.3 Å². The molecule has 33 atom stereocenters. The van der Waals surface area contributed by atoms with Gasteiger partial charge in [0.15, 0.2) is 58.1 Å². The molecule has 9 N–H and O–H groups in total. The van der Waals surface area contributed by atoms with Gasteiger partial charge in [-0.15, -0.1) is 0 Å². The first kappa shape index (κ1) is 102. The number of aliphatic hydroxyl groups is 9. The first-order valence-electron chi connectivity index (χ1n) is 59.1. The van der Waals surface area contributed by atoms with Crippen LogP contribution in [0.5, 0.6) is 0 Å². The van der Waals surface area contributed by atoms with Crippen LogP contribution in [0.15, 0.2) is 0 Å². The van der Waals surface area contributed by atoms with Crippen molar-refractivity contribution in [1.29, 1.82) is 0 Å². The number of aliphatic hydroxyl groups excluding tert-OH is 6. The van der Waals surface area contributed by atoms with Crippen molar-refractivity contribution in [3.05, 3.63) is 0 Å². The average Bonchev–Trinajstić information content (AvgIpc) is 1.27. The molecule has 142 heavy (non-hydrogen) atoms. The quantitative estimate of drug-likeness (QED) is 0.0167. The van der Waals surface area contributed by atoms with Crippen LogP contribution in [0.4, 0.5) is 0 Å². The van der Waals surface area contributed by atoms with Crippen LogP contribution >= 0.6 is 0 Å². The van der Waals surface area contributed by atoms with Gasteiger partial charge in [-0.05, 0) is 447 Å². The molecule has 24 nitrogen and oxygen atoms in total. The third-order valence-corrected chi connectivity index (χ3v) is 51.0. The molecule has 28 fully saturated rings. The maximum absolute atomic E-state index is 14.3. The largest absolute Gasteiger partial charge is 0.438 e. The molecular formula is C118H184O24. The van der Waals surface area contributed by atoms with Crippen molar-refractivity contribution in [3.63, 3.8) is 0 Å². The Morgan fingerprint density at radius 3 is 0.796 bits per heavy atom. The van der Waals surface area contributed by atoms with Gasteiger partial charge < -0.3 is 103 Å². The number of hydrogen-bond donors (Lipinski definition) is 9. The van der Waals surface area contributed by atoms with Crippen molar-refractivity contribution in [1.82, 2.24) is 0 Å². The van der Waals surface area contributed by atoms with Gasteiger partial charge in [0.25, 0.3) is 0 Å². The van der Waals surface area contributed by atoms with Gasteiger partial charge in [-0.2, -0.15) is 0 Å². The third kappa shape index (κ3) is 17.4. The fourth-order valence-corrected chi connectivity index (χ4v) is 45.0. The summed E-state index contributed by atoms with van der Waals surface area (Å²) in [5.41, 5.74) is -4.48. The molecule has 0 saturated heterocycles. The first-order valence-corrected chi connectivity index (χ1v) is 59.1. The normalized spacial score (nSPS) is 55.4. The zero-order valence-corrected chi connectivity index (χ0v) is 87.9. The van der Waals surface area contributed by atoms with Crippen molar-refractivity contribution < 1.29 is 117 Å². The molecule has 28 aliphatic rings. The smallest absolute Gasteiger partial charge is 0.307 e. The summed E-state index contributed by atoms with van der Waals surface area (Å²) in [4.78, 5) is 42.8. The van der Waals surface area contributed by atoms with Gasteiger partial charge in [-0.25, -0.2) is 0 Å². The molecule has 0 amide bonds. The van der Waals surface area contributed by atoms with Crippen LogP contribution in [0.25, 0.3) is 0 Å². The van der Waals surface area contributed by atoms with E-state index >= 15 is 0 Å². The molecule has 0 aromatic rings. The number of carbonyl (C=O) groups is 3. The summed E-state index contributed by atoms with van der Waals surface area (Å²) in [6, 6.07) is 0. The molecule has 0 aromatic carbocycles. The Morgan fingerprint density at radius 1 is 0.289 bits per heavy atom. The minimum Gasteiger partial charge on any atom is -0.438 e. The van der Waals surface area contributed by atoms with Gasteiger partial charge >= 0.3 is 17.9 Å². The lowest BCUT2D eigenvalue weighted by Crippen LogP contribution is -2.68. The highest BCUT2D eigenvalue weighted by molar-refractivity contribution is 5.70. The summed E-state index contributed by atoms with van der Waals surface area (Å²) in [6.45, 7) is 19.9. The molecule has 9 unspecified atom stereocenters. The van der Waals surface area contributed by atoms with Crippen molar-refractivity contribution in [3.8, 4) is 0 Å². The summed E-state index contributed by atoms with van der Waals surface area (Å²) < 4.78 is 78.0. The standard InChI is InChI=1S/C118H184O24/c1-64(83-13-16-86-101-89(46-95(122)110(83,86)7)107(4)22-25-116(128,52-80(107)43-92(101)119)140-61-134-104-74-31-67-28-68(33-74)34-75(104)32-67)10-19-98(125)131-58-137-113-49-73-50-114(55-113,138-59-132-99(126)20-11-65(2)84-14-17-87-102-90(47-96(123)111(84,87)8)108(5)23-26-117(129,53-81(108)44-93(102)120)141-62-135-105-76-35-69-29-70(37-76)38-77(105)36-69)57-115(51-73,56-113)139-60-133-100(127)21-12-66(3)85-15-18-88-103-91(48-97(124)112(85,88)9)109(6)24-27-118(130,54-82(109)45-94(103)121)142-63-136-106-78-39-71-30-72(41-78)42-79(106)40-71/h64-97,101-106,119-124,128-130H,10-63H2,1-9H3/t64-,65-,66-,67?,68?,69?,70?,71?,72?,73?,74?,75?,76?,77?,78?,79?,80-,81-,82-,83-,84-,85-,86?,87?,88?,89?,90?,91?,92-,93-,94-,95+,96+,97+,101?,102?,103?,104?,105?,106?,107+,108+,109+,110-,111-,112-,113?,114?,115?,116+,117+,118+/m1/s1. The van der Waals surface area contributed by atoms with Crippen molar-refractivity contribution in [2.75, 3.05) is 40.8 Å². The van der Waals surface area contributed by atoms with E-state index in [1.807, 2.05) is 0 Å². The second-order valence-electron chi connectivity index (χ2n) is 57.7. The summed E-state index contributed by atoms with van der Waals surface area (Å²) in [5, 5.41) is 112. The highest BCUT2D eigenvalue weighted by atomic mass is 16.7. The van der Waals surface area contributed by atoms with E-state index in [-0.39, 0.29) is 225 Å². The van der Waals surface area contributed by atoms with Crippen molar-refractivity contribution in [2.24, 2.45) is 216 Å². The predicted molar refractivity (Wildman–Crippen MR) is 523 cm³/mol. The molecule has 28 saturated carbocycles. The first-order chi connectivity index (χ1) is 67.7. The fraction of sp³-hybridized carbons (Fsp3) is 0.975. The number of carbonyl (C=O) groups excluding carboxylic acids is 3. The zero-order valence-electron chi connectivity index (χ0n) is 87.9. The average molecular weight is 1990 g/mol. The molecule has 28 aliphatic carbocycles. The van der Waals surface area contributed by atoms with E-state index in [9.17, 15) is 60.3 Å². The van der Waals surface area contributed by atoms with E-state index < -0.39 is 87.0 Å². The number of rotatable bonds is 33. The van der Waals surface area contributed by atoms with Gasteiger partial charge in [0.1, 0.15) is 0 Å². The molecule has 0 spiro atoms. The zero-order chi connectivity index (χ0) is 98.5. The maximum Gasteiger partial charge on any atom is 0.307 e. The minimum absolute atomic E-state index is 0.0221. The predicted octanol–water partition coefficient (Wildman–Crippen LogP) is 18.3. The Bertz CT molecular complexity index is 4020. The number of hydrogen-bond acceptors (Lipinski definition) is 24. The van der Waals surface area contributed by atoms with E-state index in [1.165, 1.54) is 96.3 Å². The lowest BCUT2D eigenvalue weighted by atomic mass is 9.43. The van der Waals surface area contributed by atoms with Crippen LogP contribution in [0, 0.1) is 216 Å². The fourth-order valence-electron chi connectivity index (χ4n) is 45.0. The topological polar surface area (TPSA) is 344 Å². The Kier molecular flexibility index (Phi) is 26.8. The summed E-state index contributed by atoms with van der Waals surface area (Å²) in [7, 11) is 0. The van der Waals surface area contributed by atoms with Gasteiger partial charge in [0, 0.05) is 77.0 Å². The molecule has 0 aromatic heterocycles. The minimum atomic E-state index is -1.31. The molecule has 0 heterocycles. The van der Waals surface area contributed by atoms with Crippen molar-refractivity contribution in [2.45, 2.75) is 460 Å². The Balaban J connectivity index is 0.392. The summed E-state index contributed by atoms with van der Waals surface area (Å²) in [5.74, 6) is 5.17. The Labute approximate surface area is 846 Å². The highest BCUT2D eigenvalue weighted by Crippen LogP contribution is 2.75. The monoisotopic (exact) mass is 1990 g/mol. The Hall–Kier alpha value is -2.31. The van der Waals surface area contributed by atoms with Crippen LogP contribution < -0.4 is 0 Å². The molecule has 800 valence electrons. The Morgan fingerprint density at radius 2 is 0.542 bits per heavy atom. The molecule has 0 radical (unpaired) electrons. The van der Waals surface area contributed by atoms with Gasteiger partial charge in [0.05, 0.1) is 71.7 Å². The van der Waals surface area contributed by atoms with E-state index in [0.717, 1.165) is 93.3 Å². The van der Waals surface area contributed by atoms with Crippen LogP contribution in [-0.4, -0.2) is 194 Å². The lowest BCUT2D eigenvalue weighted by Gasteiger charge is -2.64. The maximum atomic E-state index is 14.3. The highest BCUT2D eigenvalue weighted by Gasteiger charge is 2.73. The van der Waals surface area contributed by atoms with E-state index in [4.69, 9.17) is 56.8 Å². The van der Waals surface area contributed by atoms with Gasteiger partial charge in [0.2, 0.25) is 0 Å². The van der Waals surface area contributed by atoms with Gasteiger partial charge in [-0.3, -0.25) is 14.4 Å². The van der Waals surface area contributed by atoms with Crippen molar-refractivity contribution >= 4 is 17.9 Å². The second kappa shape index (κ2) is 37.5. The number of ether oxygens (including phenoxy) is 12. The van der Waals surface area contributed by atoms with Crippen LogP contribution in [0.3, 0.4) is 0 Å². The molecular weight excluding hydrogens is 1800 g/mol. The molecule has 28 rings (SSSR count). The van der Waals surface area contributed by atoms with Crippen LogP contribution in [0.2, 0.25) is 0 Å². The molecule has 24 heteroatoms. The number of esters is 3. The van der Waals surface area contributed by atoms with Crippen LogP contribution in [0.1, 0.15) is 371 Å². The van der Waals surface area contributed by atoms with E-state index in [2.05, 4.69) is 62.3 Å². The van der Waals surface area contributed by atoms with E-state index in [0.29, 0.717) is 170 Å².